The van der Waals surface area contributed by atoms with Gasteiger partial charge in [-0.15, -0.1) is 0 Å². The monoisotopic (exact) mass is 250 g/mol. The van der Waals surface area contributed by atoms with Crippen LogP contribution >= 0.6 is 0 Å². The minimum atomic E-state index is 0.369. The summed E-state index contributed by atoms with van der Waals surface area (Å²) in [6, 6.07) is 3.97. The lowest BCUT2D eigenvalue weighted by atomic mass is 10.1. The molecule has 0 saturated heterocycles. The number of aryl methyl sites for hydroxylation is 2. The number of hydrogen-bond donors (Lipinski definition) is 0. The van der Waals surface area contributed by atoms with Crippen molar-refractivity contribution in [2.24, 2.45) is 0 Å². The Balaban J connectivity index is 2.49. The van der Waals surface area contributed by atoms with Gasteiger partial charge < -0.3 is 14.2 Å². The summed E-state index contributed by atoms with van der Waals surface area (Å²) in [5.74, 6) is 0.380. The Labute approximate surface area is 107 Å². The van der Waals surface area contributed by atoms with Crippen LogP contribution in [0.25, 0.3) is 0 Å². The van der Waals surface area contributed by atoms with Crippen molar-refractivity contribution < 1.29 is 14.2 Å². The molecule has 0 amide bonds. The van der Waals surface area contributed by atoms with Gasteiger partial charge in [0.2, 0.25) is 5.88 Å². The number of aromatic nitrogens is 1. The van der Waals surface area contributed by atoms with Gasteiger partial charge in [-0.2, -0.15) is 5.26 Å². The molecule has 0 aliphatic rings. The van der Waals surface area contributed by atoms with Crippen molar-refractivity contribution in [3.05, 3.63) is 22.9 Å². The number of pyridine rings is 1. The average Bonchev–Trinajstić information content (AvgIpc) is 2.33. The summed E-state index contributed by atoms with van der Waals surface area (Å²) >= 11 is 0. The number of rotatable bonds is 7. The van der Waals surface area contributed by atoms with Gasteiger partial charge in [-0.05, 0) is 25.5 Å². The van der Waals surface area contributed by atoms with Crippen molar-refractivity contribution in [1.29, 1.82) is 5.26 Å². The summed E-state index contributed by atoms with van der Waals surface area (Å²) in [5, 5.41) is 9.05. The van der Waals surface area contributed by atoms with E-state index in [9.17, 15) is 0 Å². The quantitative estimate of drug-likeness (QED) is 0.688. The highest BCUT2D eigenvalue weighted by molar-refractivity contribution is 5.45. The zero-order chi connectivity index (χ0) is 13.4. The van der Waals surface area contributed by atoms with Crippen LogP contribution in [0.5, 0.6) is 5.88 Å². The number of nitriles is 1. The molecule has 0 radical (unpaired) electrons. The van der Waals surface area contributed by atoms with Crippen LogP contribution in [0, 0.1) is 25.2 Å². The molecular formula is C13H18N2O3. The van der Waals surface area contributed by atoms with Gasteiger partial charge in [0, 0.05) is 12.8 Å². The lowest BCUT2D eigenvalue weighted by Crippen LogP contribution is -2.11. The minimum absolute atomic E-state index is 0.369. The smallest absolute Gasteiger partial charge is 0.232 e. The minimum Gasteiger partial charge on any atom is -0.474 e. The first kappa shape index (κ1) is 14.4. The van der Waals surface area contributed by atoms with Gasteiger partial charge in [0.15, 0.2) is 0 Å². The highest BCUT2D eigenvalue weighted by Crippen LogP contribution is 2.19. The first-order valence-electron chi connectivity index (χ1n) is 5.77. The van der Waals surface area contributed by atoms with Crippen molar-refractivity contribution in [1.82, 2.24) is 4.98 Å². The Hall–Kier alpha value is -1.64. The molecule has 0 aliphatic heterocycles. The van der Waals surface area contributed by atoms with Crippen molar-refractivity contribution in [3.63, 3.8) is 0 Å². The largest absolute Gasteiger partial charge is 0.474 e. The van der Waals surface area contributed by atoms with Gasteiger partial charge in [-0.3, -0.25) is 0 Å². The van der Waals surface area contributed by atoms with Crippen LogP contribution in [-0.4, -0.2) is 38.5 Å². The summed E-state index contributed by atoms with van der Waals surface area (Å²) in [5.41, 5.74) is 2.19. The molecule has 5 nitrogen and oxygen atoms in total. The Morgan fingerprint density at radius 1 is 1.22 bits per heavy atom. The van der Waals surface area contributed by atoms with E-state index in [1.54, 1.807) is 7.11 Å². The first-order valence-corrected chi connectivity index (χ1v) is 5.77. The average molecular weight is 250 g/mol. The van der Waals surface area contributed by atoms with Gasteiger partial charge in [0.1, 0.15) is 18.2 Å². The Morgan fingerprint density at radius 2 is 1.94 bits per heavy atom. The van der Waals surface area contributed by atoms with Crippen molar-refractivity contribution in [2.45, 2.75) is 13.8 Å². The zero-order valence-corrected chi connectivity index (χ0v) is 11.0. The lowest BCUT2D eigenvalue weighted by molar-refractivity contribution is 0.0536. The summed E-state index contributed by atoms with van der Waals surface area (Å²) in [6.45, 7) is 5.65. The second-order valence-corrected chi connectivity index (χ2v) is 3.83. The summed E-state index contributed by atoms with van der Waals surface area (Å²) in [4.78, 5) is 4.21. The molecule has 1 rings (SSSR count). The topological polar surface area (TPSA) is 64.4 Å². The highest BCUT2D eigenvalue weighted by Gasteiger charge is 2.09. The molecule has 1 aromatic heterocycles. The van der Waals surface area contributed by atoms with E-state index in [1.807, 2.05) is 19.9 Å². The molecule has 0 N–H and O–H groups in total. The van der Waals surface area contributed by atoms with Gasteiger partial charge in [-0.25, -0.2) is 4.98 Å². The normalized spacial score (nSPS) is 10.1. The van der Waals surface area contributed by atoms with E-state index in [1.165, 1.54) is 0 Å². The molecule has 0 unspecified atom stereocenters. The van der Waals surface area contributed by atoms with E-state index in [-0.39, 0.29) is 0 Å². The fourth-order valence-electron chi connectivity index (χ4n) is 1.48. The number of hydrogen-bond acceptors (Lipinski definition) is 5. The number of ether oxygens (including phenoxy) is 3. The molecule has 0 aliphatic carbocycles. The van der Waals surface area contributed by atoms with Crippen LogP contribution in [0.1, 0.15) is 16.8 Å². The molecule has 0 spiro atoms. The highest BCUT2D eigenvalue weighted by atomic mass is 16.5. The fraction of sp³-hybridized carbons (Fsp3) is 0.538. The van der Waals surface area contributed by atoms with Crippen molar-refractivity contribution in [2.75, 3.05) is 33.5 Å². The molecule has 0 bridgehead atoms. The zero-order valence-electron chi connectivity index (χ0n) is 11.0. The molecule has 1 aromatic rings. The first-order chi connectivity index (χ1) is 8.69. The second-order valence-electron chi connectivity index (χ2n) is 3.83. The van der Waals surface area contributed by atoms with Gasteiger partial charge >= 0.3 is 0 Å². The third kappa shape index (κ3) is 4.32. The molecule has 0 saturated carbocycles. The summed E-state index contributed by atoms with van der Waals surface area (Å²) in [7, 11) is 1.62. The number of nitrogens with zero attached hydrogens (tertiary/aromatic N) is 2. The molecular weight excluding hydrogens is 232 g/mol. The maximum atomic E-state index is 9.05. The van der Waals surface area contributed by atoms with Crippen molar-refractivity contribution in [3.8, 4) is 11.9 Å². The summed E-state index contributed by atoms with van der Waals surface area (Å²) < 4.78 is 15.6. The Bertz CT molecular complexity index is 427. The van der Waals surface area contributed by atoms with Gasteiger partial charge in [0.05, 0.1) is 19.8 Å². The van der Waals surface area contributed by atoms with E-state index in [2.05, 4.69) is 11.1 Å². The van der Waals surface area contributed by atoms with Crippen LogP contribution in [0.15, 0.2) is 6.07 Å². The van der Waals surface area contributed by atoms with Crippen LogP contribution in [0.2, 0.25) is 0 Å². The molecule has 0 fully saturated rings. The second kappa shape index (κ2) is 7.64. The Kier molecular flexibility index (Phi) is 6.12. The lowest BCUT2D eigenvalue weighted by Gasteiger charge is -2.09. The molecule has 18 heavy (non-hydrogen) atoms. The third-order valence-electron chi connectivity index (χ3n) is 2.32. The maximum Gasteiger partial charge on any atom is 0.232 e. The van der Waals surface area contributed by atoms with E-state index in [4.69, 9.17) is 19.5 Å². The fourth-order valence-corrected chi connectivity index (χ4v) is 1.48. The van der Waals surface area contributed by atoms with E-state index in [0.717, 1.165) is 11.3 Å². The molecule has 98 valence electrons. The van der Waals surface area contributed by atoms with Crippen LogP contribution in [0.3, 0.4) is 0 Å². The molecule has 5 heteroatoms. The SMILES string of the molecule is COCCOCCOc1nc(C)cc(C)c1C#N. The van der Waals surface area contributed by atoms with Crippen LogP contribution in [0.4, 0.5) is 0 Å². The van der Waals surface area contributed by atoms with Crippen LogP contribution < -0.4 is 4.74 Å². The predicted molar refractivity (Wildman–Crippen MR) is 66.6 cm³/mol. The van der Waals surface area contributed by atoms with Crippen LogP contribution in [-0.2, 0) is 9.47 Å². The standard InChI is InChI=1S/C13H18N2O3/c1-10-8-11(2)15-13(12(10)9-14)18-7-6-17-5-4-16-3/h8H,4-7H2,1-3H3. The van der Waals surface area contributed by atoms with Gasteiger partial charge in [0.25, 0.3) is 0 Å². The molecule has 0 aromatic carbocycles. The van der Waals surface area contributed by atoms with Gasteiger partial charge in [-0.1, -0.05) is 0 Å². The molecule has 1 heterocycles. The predicted octanol–water partition coefficient (Wildman–Crippen LogP) is 1.61. The molecule has 0 atom stereocenters. The van der Waals surface area contributed by atoms with E-state index in [0.29, 0.717) is 37.9 Å². The Morgan fingerprint density at radius 3 is 2.61 bits per heavy atom. The summed E-state index contributed by atoms with van der Waals surface area (Å²) in [6.07, 6.45) is 0. The van der Waals surface area contributed by atoms with E-state index < -0.39 is 0 Å². The number of methoxy groups -OCH3 is 1. The van der Waals surface area contributed by atoms with E-state index >= 15 is 0 Å². The third-order valence-corrected chi connectivity index (χ3v) is 2.32. The maximum absolute atomic E-state index is 9.05. The van der Waals surface area contributed by atoms with Crippen molar-refractivity contribution >= 4 is 0 Å².